The van der Waals surface area contributed by atoms with E-state index in [1.807, 2.05) is 0 Å². The summed E-state index contributed by atoms with van der Waals surface area (Å²) in [6.07, 6.45) is 1.55. The normalized spacial score (nSPS) is 12.0. The number of thiol groups is 1. The second-order valence-corrected chi connectivity index (χ2v) is 4.59. The summed E-state index contributed by atoms with van der Waals surface area (Å²) in [6, 6.07) is -0.761. The van der Waals surface area contributed by atoms with Gasteiger partial charge in [0.25, 0.3) is 0 Å². The Kier molecular flexibility index (Phi) is 6.17. The highest BCUT2D eigenvalue weighted by atomic mass is 35.5. The summed E-state index contributed by atoms with van der Waals surface area (Å²) in [5.74, 6) is -0.685. The lowest BCUT2D eigenvalue weighted by Crippen LogP contribution is -2.44. The number of hydrogen-bond acceptors (Lipinski definition) is 5. The van der Waals surface area contributed by atoms with Gasteiger partial charge in [-0.3, -0.25) is 9.48 Å². The average molecular weight is 306 g/mol. The molecular formula is C11H16ClN3O3S. The minimum atomic E-state index is -0.761. The van der Waals surface area contributed by atoms with E-state index in [9.17, 15) is 9.59 Å². The molecule has 19 heavy (non-hydrogen) atoms. The molecule has 6 nitrogen and oxygen atoms in total. The summed E-state index contributed by atoms with van der Waals surface area (Å²) >= 11 is 9.85. The lowest BCUT2D eigenvalue weighted by atomic mass is 10.3. The van der Waals surface area contributed by atoms with Gasteiger partial charge in [0, 0.05) is 11.9 Å². The molecule has 0 unspecified atom stereocenters. The number of rotatable bonds is 6. The van der Waals surface area contributed by atoms with Crippen LogP contribution in [0.5, 0.6) is 0 Å². The van der Waals surface area contributed by atoms with E-state index in [1.165, 1.54) is 4.68 Å². The van der Waals surface area contributed by atoms with Gasteiger partial charge in [-0.1, -0.05) is 11.6 Å². The van der Waals surface area contributed by atoms with Crippen molar-refractivity contribution in [3.05, 3.63) is 16.9 Å². The standard InChI is InChI=1S/C11H16ClN3O3S/c1-3-18-11(17)9(6-19)13-10(16)5-15-4-8(12)7(2)14-15/h4,9,19H,3,5-6H2,1-2H3,(H,13,16)/t9-/m0/s1. The molecule has 1 aromatic rings. The van der Waals surface area contributed by atoms with Crippen LogP contribution in [0.4, 0.5) is 0 Å². The fraction of sp³-hybridized carbons (Fsp3) is 0.545. The summed E-state index contributed by atoms with van der Waals surface area (Å²) in [4.78, 5) is 23.2. The van der Waals surface area contributed by atoms with Crippen LogP contribution in [0, 0.1) is 6.92 Å². The molecule has 0 fully saturated rings. The summed E-state index contributed by atoms with van der Waals surface area (Å²) < 4.78 is 6.23. The summed E-state index contributed by atoms with van der Waals surface area (Å²) in [5.41, 5.74) is 0.644. The molecule has 0 bridgehead atoms. The number of carbonyl (C=O) groups excluding carboxylic acids is 2. The number of esters is 1. The van der Waals surface area contributed by atoms with Crippen molar-refractivity contribution < 1.29 is 14.3 Å². The molecule has 0 aliphatic carbocycles. The maximum atomic E-state index is 11.8. The van der Waals surface area contributed by atoms with Gasteiger partial charge in [-0.15, -0.1) is 0 Å². The number of aryl methyl sites for hydroxylation is 1. The number of carbonyl (C=O) groups is 2. The molecule has 106 valence electrons. The monoisotopic (exact) mass is 305 g/mol. The number of amides is 1. The fourth-order valence-corrected chi connectivity index (χ4v) is 1.77. The molecule has 0 aliphatic rings. The largest absolute Gasteiger partial charge is 0.464 e. The van der Waals surface area contributed by atoms with E-state index in [4.69, 9.17) is 16.3 Å². The lowest BCUT2D eigenvalue weighted by molar-refractivity contribution is -0.146. The Morgan fingerprint density at radius 2 is 2.32 bits per heavy atom. The smallest absolute Gasteiger partial charge is 0.329 e. The van der Waals surface area contributed by atoms with Gasteiger partial charge in [-0.05, 0) is 13.8 Å². The Hall–Kier alpha value is -1.21. The Bertz CT molecular complexity index is 445. The van der Waals surface area contributed by atoms with Crippen LogP contribution in [0.1, 0.15) is 12.6 Å². The molecule has 0 saturated carbocycles. The zero-order valence-electron chi connectivity index (χ0n) is 10.7. The molecule has 0 saturated heterocycles. The van der Waals surface area contributed by atoms with Crippen molar-refractivity contribution in [3.8, 4) is 0 Å². The van der Waals surface area contributed by atoms with Gasteiger partial charge in [0.05, 0.1) is 17.3 Å². The quantitative estimate of drug-likeness (QED) is 0.603. The van der Waals surface area contributed by atoms with E-state index in [2.05, 4.69) is 23.0 Å². The van der Waals surface area contributed by atoms with E-state index < -0.39 is 12.0 Å². The van der Waals surface area contributed by atoms with E-state index in [0.29, 0.717) is 10.7 Å². The van der Waals surface area contributed by atoms with Gasteiger partial charge >= 0.3 is 5.97 Å². The zero-order valence-corrected chi connectivity index (χ0v) is 12.4. The highest BCUT2D eigenvalue weighted by Crippen LogP contribution is 2.11. The average Bonchev–Trinajstić information content (AvgIpc) is 2.65. The molecule has 1 atom stereocenters. The van der Waals surface area contributed by atoms with Crippen LogP contribution in [0.15, 0.2) is 6.20 Å². The number of hydrogen-bond donors (Lipinski definition) is 2. The Balaban J connectivity index is 2.56. The van der Waals surface area contributed by atoms with Crippen LogP contribution >= 0.6 is 24.2 Å². The van der Waals surface area contributed by atoms with Crippen molar-refractivity contribution in [1.82, 2.24) is 15.1 Å². The first-order valence-corrected chi connectivity index (χ1v) is 6.75. The summed E-state index contributed by atoms with van der Waals surface area (Å²) in [5, 5.41) is 7.08. The van der Waals surface area contributed by atoms with Crippen molar-refractivity contribution in [2.75, 3.05) is 12.4 Å². The molecule has 0 spiro atoms. The number of nitrogens with one attached hydrogen (secondary N) is 1. The van der Waals surface area contributed by atoms with Crippen LogP contribution in [0.3, 0.4) is 0 Å². The third kappa shape index (κ3) is 4.76. The van der Waals surface area contributed by atoms with Crippen molar-refractivity contribution in [3.63, 3.8) is 0 Å². The molecule has 1 aromatic heterocycles. The van der Waals surface area contributed by atoms with Gasteiger partial charge in [0.15, 0.2) is 0 Å². The topological polar surface area (TPSA) is 73.2 Å². The third-order valence-electron chi connectivity index (χ3n) is 2.28. The Morgan fingerprint density at radius 1 is 1.63 bits per heavy atom. The first-order valence-electron chi connectivity index (χ1n) is 5.74. The molecule has 8 heteroatoms. The van der Waals surface area contributed by atoms with Crippen molar-refractivity contribution in [2.24, 2.45) is 0 Å². The van der Waals surface area contributed by atoms with E-state index in [-0.39, 0.29) is 24.8 Å². The van der Waals surface area contributed by atoms with Gasteiger partial charge in [-0.2, -0.15) is 17.7 Å². The van der Waals surface area contributed by atoms with E-state index in [0.717, 1.165) is 0 Å². The van der Waals surface area contributed by atoms with Gasteiger partial charge in [0.2, 0.25) is 5.91 Å². The predicted octanol–water partition coefficient (Wildman–Crippen LogP) is 0.823. The summed E-state index contributed by atoms with van der Waals surface area (Å²) in [7, 11) is 0. The number of ether oxygens (including phenoxy) is 1. The van der Waals surface area contributed by atoms with Crippen LogP contribution < -0.4 is 5.32 Å². The minimum absolute atomic E-state index is 0.0166. The number of halogens is 1. The number of nitrogens with zero attached hydrogens (tertiary/aromatic N) is 2. The predicted molar refractivity (Wildman–Crippen MR) is 74.4 cm³/mol. The third-order valence-corrected chi connectivity index (χ3v) is 3.02. The first-order chi connectivity index (χ1) is 8.97. The van der Waals surface area contributed by atoms with Crippen molar-refractivity contribution >= 4 is 36.1 Å². The fourth-order valence-electron chi connectivity index (χ4n) is 1.38. The van der Waals surface area contributed by atoms with Crippen LogP contribution in [-0.4, -0.2) is 40.1 Å². The highest BCUT2D eigenvalue weighted by molar-refractivity contribution is 7.80. The van der Waals surface area contributed by atoms with Gasteiger partial charge < -0.3 is 10.1 Å². The van der Waals surface area contributed by atoms with Crippen molar-refractivity contribution in [2.45, 2.75) is 26.4 Å². The molecule has 0 radical (unpaired) electrons. The molecule has 0 aromatic carbocycles. The second kappa shape index (κ2) is 7.40. The lowest BCUT2D eigenvalue weighted by Gasteiger charge is -2.14. The SMILES string of the molecule is CCOC(=O)[C@H](CS)NC(=O)Cn1cc(Cl)c(C)n1. The summed E-state index contributed by atoms with van der Waals surface area (Å²) in [6.45, 7) is 3.68. The Morgan fingerprint density at radius 3 is 2.79 bits per heavy atom. The molecule has 1 heterocycles. The molecule has 1 N–H and O–H groups in total. The van der Waals surface area contributed by atoms with Crippen LogP contribution in [0.2, 0.25) is 5.02 Å². The second-order valence-electron chi connectivity index (χ2n) is 3.81. The van der Waals surface area contributed by atoms with E-state index in [1.54, 1.807) is 20.0 Å². The van der Waals surface area contributed by atoms with Crippen LogP contribution in [0.25, 0.3) is 0 Å². The first kappa shape index (κ1) is 15.8. The maximum Gasteiger partial charge on any atom is 0.329 e. The van der Waals surface area contributed by atoms with Gasteiger partial charge in [0.1, 0.15) is 12.6 Å². The van der Waals surface area contributed by atoms with Crippen molar-refractivity contribution in [1.29, 1.82) is 0 Å². The molecular weight excluding hydrogens is 290 g/mol. The molecule has 0 aliphatic heterocycles. The number of aromatic nitrogens is 2. The molecule has 1 amide bonds. The zero-order chi connectivity index (χ0) is 14.4. The molecule has 1 rings (SSSR count). The van der Waals surface area contributed by atoms with Crippen LogP contribution in [-0.2, 0) is 20.9 Å². The highest BCUT2D eigenvalue weighted by Gasteiger charge is 2.20. The maximum absolute atomic E-state index is 11.8. The van der Waals surface area contributed by atoms with Gasteiger partial charge in [-0.25, -0.2) is 4.79 Å². The Labute approximate surface area is 121 Å². The minimum Gasteiger partial charge on any atom is -0.464 e. The van der Waals surface area contributed by atoms with E-state index >= 15 is 0 Å².